The molecule has 0 fully saturated rings. The van der Waals surface area contributed by atoms with Gasteiger partial charge < -0.3 is 21.1 Å². The van der Waals surface area contributed by atoms with Gasteiger partial charge in [0.1, 0.15) is 5.75 Å². The van der Waals surface area contributed by atoms with Crippen LogP contribution in [0, 0.1) is 0 Å². The molecule has 0 saturated carbocycles. The summed E-state index contributed by atoms with van der Waals surface area (Å²) in [6.45, 7) is 7.01. The largest absolute Gasteiger partial charge is 0.507 e. The van der Waals surface area contributed by atoms with E-state index in [0.29, 0.717) is 23.9 Å². The Kier molecular flexibility index (Phi) is 6.50. The molecule has 1 aromatic heterocycles. The van der Waals surface area contributed by atoms with Crippen LogP contribution < -0.4 is 16.0 Å². The van der Waals surface area contributed by atoms with E-state index in [2.05, 4.69) is 20.9 Å². The van der Waals surface area contributed by atoms with Crippen molar-refractivity contribution in [3.8, 4) is 5.75 Å². The van der Waals surface area contributed by atoms with Gasteiger partial charge in [-0.05, 0) is 49.5 Å². The number of nitrogens with zero attached hydrogens (tertiary/aromatic N) is 1. The lowest BCUT2D eigenvalue weighted by molar-refractivity contribution is 0.455. The first kappa shape index (κ1) is 19.4. The lowest BCUT2D eigenvalue weighted by atomic mass is 10.1. The van der Waals surface area contributed by atoms with E-state index in [9.17, 15) is 5.11 Å². The Morgan fingerprint density at radius 3 is 2.26 bits per heavy atom. The van der Waals surface area contributed by atoms with Crippen molar-refractivity contribution in [2.24, 2.45) is 0 Å². The van der Waals surface area contributed by atoms with E-state index in [1.165, 1.54) is 0 Å². The summed E-state index contributed by atoms with van der Waals surface area (Å²) in [5, 5.41) is 22.3. The van der Waals surface area contributed by atoms with Gasteiger partial charge in [-0.15, -0.1) is 0 Å². The number of nitrogens with one attached hydrogen (secondary N) is 3. The Labute approximate surface area is 164 Å². The zero-order chi connectivity index (χ0) is 19.2. The molecule has 3 rings (SSSR count). The topological polar surface area (TPSA) is 69.2 Å². The van der Waals surface area contributed by atoms with Gasteiger partial charge in [-0.25, -0.2) is 0 Å². The fourth-order valence-corrected chi connectivity index (χ4v) is 3.17. The summed E-state index contributed by atoms with van der Waals surface area (Å²) in [4.78, 5) is 4.39. The van der Waals surface area contributed by atoms with Crippen LogP contribution >= 0.6 is 11.6 Å². The van der Waals surface area contributed by atoms with Crippen LogP contribution in [0.25, 0.3) is 10.9 Å². The summed E-state index contributed by atoms with van der Waals surface area (Å²) in [6, 6.07) is 11.6. The van der Waals surface area contributed by atoms with Crippen LogP contribution in [-0.4, -0.2) is 23.2 Å². The molecule has 0 bridgehead atoms. The minimum Gasteiger partial charge on any atom is -0.507 e. The number of aromatic hydroxyl groups is 1. The molecule has 0 spiro atoms. The minimum atomic E-state index is 0.341. The molecule has 2 aromatic carbocycles. The standard InChI is InChI=1S/C21H25ClN4O/c1-3-23-12-14-9-17(10-15(21(14)27)13-24-4-2)26-19-7-8-25-20-11-16(22)5-6-18(19)20/h5-11,23-24,27H,3-4,12-13H2,1-2H3,(H,25,26). The van der Waals surface area contributed by atoms with E-state index < -0.39 is 0 Å². The summed E-state index contributed by atoms with van der Waals surface area (Å²) in [7, 11) is 0. The number of pyridine rings is 1. The molecule has 5 nitrogen and oxygen atoms in total. The Balaban J connectivity index is 1.98. The molecule has 0 unspecified atom stereocenters. The lowest BCUT2D eigenvalue weighted by Gasteiger charge is -2.16. The molecule has 6 heteroatoms. The van der Waals surface area contributed by atoms with Crippen molar-refractivity contribution in [2.45, 2.75) is 26.9 Å². The smallest absolute Gasteiger partial charge is 0.124 e. The van der Waals surface area contributed by atoms with Crippen molar-refractivity contribution in [3.63, 3.8) is 0 Å². The maximum Gasteiger partial charge on any atom is 0.124 e. The Morgan fingerprint density at radius 1 is 0.963 bits per heavy atom. The molecule has 0 amide bonds. The Hall–Kier alpha value is -2.34. The average Bonchev–Trinajstić information content (AvgIpc) is 2.67. The van der Waals surface area contributed by atoms with Crippen LogP contribution in [0.3, 0.4) is 0 Å². The number of benzene rings is 2. The van der Waals surface area contributed by atoms with Crippen molar-refractivity contribution < 1.29 is 5.11 Å². The van der Waals surface area contributed by atoms with Gasteiger partial charge in [0.15, 0.2) is 0 Å². The molecule has 27 heavy (non-hydrogen) atoms. The van der Waals surface area contributed by atoms with Crippen LogP contribution in [0.1, 0.15) is 25.0 Å². The normalized spacial score (nSPS) is 11.1. The molecule has 0 aliphatic heterocycles. The molecule has 4 N–H and O–H groups in total. The Bertz CT molecular complexity index is 900. The number of anilines is 2. The Morgan fingerprint density at radius 2 is 1.63 bits per heavy atom. The number of aromatic nitrogens is 1. The minimum absolute atomic E-state index is 0.341. The number of hydrogen-bond donors (Lipinski definition) is 4. The molecule has 0 aliphatic carbocycles. The van der Waals surface area contributed by atoms with Gasteiger partial charge in [0.25, 0.3) is 0 Å². The van der Waals surface area contributed by atoms with E-state index in [1.807, 2.05) is 50.2 Å². The number of hydrogen-bond acceptors (Lipinski definition) is 5. The van der Waals surface area contributed by atoms with E-state index in [0.717, 1.165) is 46.5 Å². The molecular formula is C21H25ClN4O. The van der Waals surface area contributed by atoms with Crippen LogP contribution in [0.4, 0.5) is 11.4 Å². The van der Waals surface area contributed by atoms with Gasteiger partial charge in [-0.2, -0.15) is 0 Å². The third-order valence-electron chi connectivity index (χ3n) is 4.38. The molecule has 3 aromatic rings. The first-order valence-electron chi connectivity index (χ1n) is 9.19. The van der Waals surface area contributed by atoms with Crippen molar-refractivity contribution >= 4 is 33.9 Å². The predicted molar refractivity (Wildman–Crippen MR) is 113 cm³/mol. The zero-order valence-electron chi connectivity index (χ0n) is 15.6. The van der Waals surface area contributed by atoms with E-state index in [-0.39, 0.29) is 0 Å². The van der Waals surface area contributed by atoms with Gasteiger partial charge in [0.05, 0.1) is 5.52 Å². The summed E-state index contributed by atoms with van der Waals surface area (Å²) in [5.41, 5.74) is 4.46. The van der Waals surface area contributed by atoms with Crippen molar-refractivity contribution in [2.75, 3.05) is 18.4 Å². The third-order valence-corrected chi connectivity index (χ3v) is 4.62. The summed E-state index contributed by atoms with van der Waals surface area (Å²) >= 11 is 6.09. The maximum absolute atomic E-state index is 10.6. The highest BCUT2D eigenvalue weighted by atomic mass is 35.5. The third kappa shape index (κ3) is 4.69. The number of phenolic OH excluding ortho intramolecular Hbond substituents is 1. The van der Waals surface area contributed by atoms with Gasteiger partial charge in [-0.1, -0.05) is 25.4 Å². The molecule has 0 saturated heterocycles. The number of rotatable bonds is 8. The monoisotopic (exact) mass is 384 g/mol. The summed E-state index contributed by atoms with van der Waals surface area (Å²) in [5.74, 6) is 0.341. The second kappa shape index (κ2) is 9.04. The van der Waals surface area contributed by atoms with Gasteiger partial charge in [0.2, 0.25) is 0 Å². The van der Waals surface area contributed by atoms with Crippen LogP contribution in [0.5, 0.6) is 5.75 Å². The highest BCUT2D eigenvalue weighted by Crippen LogP contribution is 2.31. The quantitative estimate of drug-likeness (QED) is 0.429. The van der Waals surface area contributed by atoms with Crippen LogP contribution in [0.2, 0.25) is 5.02 Å². The van der Waals surface area contributed by atoms with Crippen molar-refractivity contribution in [1.82, 2.24) is 15.6 Å². The predicted octanol–water partition coefficient (Wildman–Crippen LogP) is 4.56. The van der Waals surface area contributed by atoms with Crippen molar-refractivity contribution in [3.05, 3.63) is 58.7 Å². The molecular weight excluding hydrogens is 360 g/mol. The molecule has 0 radical (unpaired) electrons. The second-order valence-corrected chi connectivity index (χ2v) is 6.79. The summed E-state index contributed by atoms with van der Waals surface area (Å²) in [6.07, 6.45) is 1.76. The van der Waals surface area contributed by atoms with Crippen LogP contribution in [0.15, 0.2) is 42.6 Å². The first-order chi connectivity index (χ1) is 13.1. The van der Waals surface area contributed by atoms with Gasteiger partial charge >= 0.3 is 0 Å². The molecule has 0 aliphatic rings. The first-order valence-corrected chi connectivity index (χ1v) is 9.57. The SMILES string of the molecule is CCNCc1cc(Nc2ccnc3cc(Cl)ccc23)cc(CNCC)c1O. The fraction of sp³-hybridized carbons (Fsp3) is 0.286. The number of halogens is 1. The van der Waals surface area contributed by atoms with E-state index in [1.54, 1.807) is 6.20 Å². The molecule has 142 valence electrons. The lowest BCUT2D eigenvalue weighted by Crippen LogP contribution is -2.15. The highest BCUT2D eigenvalue weighted by Gasteiger charge is 2.11. The van der Waals surface area contributed by atoms with Gasteiger partial charge in [-0.3, -0.25) is 4.98 Å². The number of phenols is 1. The van der Waals surface area contributed by atoms with E-state index >= 15 is 0 Å². The average molecular weight is 385 g/mol. The number of fused-ring (bicyclic) bond motifs is 1. The van der Waals surface area contributed by atoms with Crippen molar-refractivity contribution in [1.29, 1.82) is 0 Å². The second-order valence-electron chi connectivity index (χ2n) is 6.35. The fourth-order valence-electron chi connectivity index (χ4n) is 3.01. The molecule has 1 heterocycles. The zero-order valence-corrected chi connectivity index (χ0v) is 16.4. The van der Waals surface area contributed by atoms with Crippen LogP contribution in [-0.2, 0) is 13.1 Å². The highest BCUT2D eigenvalue weighted by molar-refractivity contribution is 6.31. The summed E-state index contributed by atoms with van der Waals surface area (Å²) < 4.78 is 0. The molecule has 0 atom stereocenters. The van der Waals surface area contributed by atoms with Gasteiger partial charge in [0, 0.05) is 52.2 Å². The maximum atomic E-state index is 10.6. The van der Waals surface area contributed by atoms with E-state index in [4.69, 9.17) is 11.6 Å².